The molecule has 0 aliphatic carbocycles. The Hall–Kier alpha value is -2.85. The standard InChI is InChI=1S/C19H20FN3O5S/c20-16-6-2-1-5-15(16)19(24)22-11-9-14(10-12-22)13-21-29(27,28)18-8-4-3-7-17(18)23(25)26/h1-8,14,21H,9-13H2. The fourth-order valence-electron chi connectivity index (χ4n) is 3.29. The summed E-state index contributed by atoms with van der Waals surface area (Å²) in [6, 6.07) is 10.9. The van der Waals surface area contributed by atoms with E-state index in [9.17, 15) is 27.7 Å². The molecule has 1 fully saturated rings. The fourth-order valence-corrected chi connectivity index (χ4v) is 4.57. The van der Waals surface area contributed by atoms with Gasteiger partial charge >= 0.3 is 0 Å². The first-order chi connectivity index (χ1) is 13.8. The number of nitro benzene ring substituents is 1. The number of benzene rings is 2. The largest absolute Gasteiger partial charge is 0.339 e. The van der Waals surface area contributed by atoms with E-state index in [2.05, 4.69) is 4.72 Å². The van der Waals surface area contributed by atoms with Crippen LogP contribution in [0.1, 0.15) is 23.2 Å². The summed E-state index contributed by atoms with van der Waals surface area (Å²) in [4.78, 5) is 23.9. The molecule has 1 heterocycles. The maximum Gasteiger partial charge on any atom is 0.289 e. The Balaban J connectivity index is 1.58. The highest BCUT2D eigenvalue weighted by Crippen LogP contribution is 2.24. The lowest BCUT2D eigenvalue weighted by atomic mass is 9.96. The number of sulfonamides is 1. The van der Waals surface area contributed by atoms with Crippen molar-refractivity contribution in [2.24, 2.45) is 5.92 Å². The van der Waals surface area contributed by atoms with Crippen molar-refractivity contribution in [3.8, 4) is 0 Å². The van der Waals surface area contributed by atoms with Crippen molar-refractivity contribution in [1.29, 1.82) is 0 Å². The van der Waals surface area contributed by atoms with E-state index in [-0.39, 0.29) is 28.8 Å². The van der Waals surface area contributed by atoms with Gasteiger partial charge in [0.05, 0.1) is 10.5 Å². The van der Waals surface area contributed by atoms with Crippen LogP contribution in [0.25, 0.3) is 0 Å². The van der Waals surface area contributed by atoms with Crippen molar-refractivity contribution in [2.45, 2.75) is 17.7 Å². The van der Waals surface area contributed by atoms with Gasteiger partial charge in [-0.3, -0.25) is 14.9 Å². The maximum atomic E-state index is 13.8. The predicted molar refractivity (Wildman–Crippen MR) is 103 cm³/mol. The van der Waals surface area contributed by atoms with Crippen LogP contribution in [-0.4, -0.2) is 43.8 Å². The van der Waals surface area contributed by atoms with Gasteiger partial charge in [0.15, 0.2) is 4.90 Å². The van der Waals surface area contributed by atoms with Crippen molar-refractivity contribution >= 4 is 21.6 Å². The zero-order valence-electron chi connectivity index (χ0n) is 15.5. The van der Waals surface area contributed by atoms with Gasteiger partial charge in [0.2, 0.25) is 10.0 Å². The highest BCUT2D eigenvalue weighted by atomic mass is 32.2. The van der Waals surface area contributed by atoms with E-state index >= 15 is 0 Å². The van der Waals surface area contributed by atoms with Gasteiger partial charge in [-0.2, -0.15) is 0 Å². The lowest BCUT2D eigenvalue weighted by molar-refractivity contribution is -0.387. The molecule has 10 heteroatoms. The van der Waals surface area contributed by atoms with Crippen molar-refractivity contribution in [3.63, 3.8) is 0 Å². The number of halogens is 1. The first kappa shape index (κ1) is 20.9. The second-order valence-electron chi connectivity index (χ2n) is 6.79. The van der Waals surface area contributed by atoms with Gasteiger partial charge in [-0.15, -0.1) is 0 Å². The Bertz CT molecular complexity index is 1020. The molecule has 1 N–H and O–H groups in total. The van der Waals surface area contributed by atoms with Crippen LogP contribution in [0.4, 0.5) is 10.1 Å². The first-order valence-electron chi connectivity index (χ1n) is 9.06. The number of likely N-dealkylation sites (tertiary alicyclic amines) is 1. The smallest absolute Gasteiger partial charge is 0.289 e. The minimum Gasteiger partial charge on any atom is -0.339 e. The molecule has 29 heavy (non-hydrogen) atoms. The number of amides is 1. The van der Waals surface area contributed by atoms with Crippen LogP contribution >= 0.6 is 0 Å². The Morgan fingerprint density at radius 2 is 1.76 bits per heavy atom. The van der Waals surface area contributed by atoms with Crippen molar-refractivity contribution in [1.82, 2.24) is 9.62 Å². The molecule has 2 aromatic rings. The number of nitrogens with zero attached hydrogens (tertiary/aromatic N) is 2. The molecule has 1 amide bonds. The molecular weight excluding hydrogens is 401 g/mol. The summed E-state index contributed by atoms with van der Waals surface area (Å²) in [6.45, 7) is 0.867. The molecule has 0 aromatic heterocycles. The zero-order chi connectivity index (χ0) is 21.0. The number of carbonyl (C=O) groups excluding carboxylic acids is 1. The number of para-hydroxylation sites is 1. The van der Waals surface area contributed by atoms with E-state index in [4.69, 9.17) is 0 Å². The maximum absolute atomic E-state index is 13.8. The molecule has 0 unspecified atom stereocenters. The molecule has 1 saturated heterocycles. The second kappa shape index (κ2) is 8.66. The third kappa shape index (κ3) is 4.77. The Kier molecular flexibility index (Phi) is 6.23. The molecule has 8 nitrogen and oxygen atoms in total. The fraction of sp³-hybridized carbons (Fsp3) is 0.316. The van der Waals surface area contributed by atoms with Crippen molar-refractivity contribution < 1.29 is 22.5 Å². The Labute approximate surface area is 167 Å². The van der Waals surface area contributed by atoms with Crippen LogP contribution in [0.15, 0.2) is 53.4 Å². The van der Waals surface area contributed by atoms with Gasteiger partial charge in [0, 0.05) is 25.7 Å². The lowest BCUT2D eigenvalue weighted by Crippen LogP contribution is -2.41. The number of carbonyl (C=O) groups is 1. The monoisotopic (exact) mass is 421 g/mol. The summed E-state index contributed by atoms with van der Waals surface area (Å²) in [5, 5.41) is 11.1. The zero-order valence-corrected chi connectivity index (χ0v) is 16.3. The number of nitrogens with one attached hydrogen (secondary N) is 1. The number of rotatable bonds is 6. The molecule has 1 aliphatic rings. The molecule has 0 saturated carbocycles. The normalized spacial score (nSPS) is 15.3. The summed E-state index contributed by atoms with van der Waals surface area (Å²) in [5.41, 5.74) is -0.464. The van der Waals surface area contributed by atoms with Crippen molar-refractivity contribution in [3.05, 3.63) is 70.0 Å². The van der Waals surface area contributed by atoms with Crippen LogP contribution in [0, 0.1) is 21.8 Å². The van der Waals surface area contributed by atoms with Crippen LogP contribution < -0.4 is 4.72 Å². The summed E-state index contributed by atoms with van der Waals surface area (Å²) in [7, 11) is -4.04. The molecule has 3 rings (SSSR count). The van der Waals surface area contributed by atoms with Crippen LogP contribution in [0.2, 0.25) is 0 Å². The van der Waals surface area contributed by atoms with E-state index in [1.165, 1.54) is 36.4 Å². The average Bonchev–Trinajstić information content (AvgIpc) is 2.72. The Morgan fingerprint density at radius 3 is 2.41 bits per heavy atom. The van der Waals surface area contributed by atoms with Gasteiger partial charge in [-0.1, -0.05) is 24.3 Å². The minimum absolute atomic E-state index is 0.0167. The summed E-state index contributed by atoms with van der Waals surface area (Å²) in [5.74, 6) is -0.990. The number of piperidine rings is 1. The SMILES string of the molecule is O=C(c1ccccc1F)N1CCC(CNS(=O)(=O)c2ccccc2[N+](=O)[O-])CC1. The molecule has 0 atom stereocenters. The molecule has 1 aliphatic heterocycles. The number of hydrogen-bond acceptors (Lipinski definition) is 5. The summed E-state index contributed by atoms with van der Waals surface area (Å²) >= 11 is 0. The third-order valence-corrected chi connectivity index (χ3v) is 6.39. The van der Waals surface area contributed by atoms with Gasteiger partial charge in [-0.05, 0) is 37.0 Å². The topological polar surface area (TPSA) is 110 Å². The second-order valence-corrected chi connectivity index (χ2v) is 8.53. The molecule has 0 bridgehead atoms. The van der Waals surface area contributed by atoms with E-state index in [1.807, 2.05) is 0 Å². The molecule has 154 valence electrons. The van der Waals surface area contributed by atoms with Gasteiger partial charge < -0.3 is 4.90 Å². The van der Waals surface area contributed by atoms with Crippen LogP contribution in [0.3, 0.4) is 0 Å². The molecule has 0 spiro atoms. The summed E-state index contributed by atoms with van der Waals surface area (Å²) < 4.78 is 41.2. The Morgan fingerprint density at radius 1 is 1.14 bits per heavy atom. The molecular formula is C19H20FN3O5S. The van der Waals surface area contributed by atoms with Crippen LogP contribution in [-0.2, 0) is 10.0 Å². The van der Waals surface area contributed by atoms with E-state index in [0.717, 1.165) is 6.07 Å². The van der Waals surface area contributed by atoms with Gasteiger partial charge in [-0.25, -0.2) is 17.5 Å². The van der Waals surface area contributed by atoms with Gasteiger partial charge in [0.25, 0.3) is 11.6 Å². The van der Waals surface area contributed by atoms with Crippen LogP contribution in [0.5, 0.6) is 0 Å². The number of hydrogen-bond donors (Lipinski definition) is 1. The molecule has 0 radical (unpaired) electrons. The molecule has 2 aromatic carbocycles. The third-order valence-electron chi connectivity index (χ3n) is 4.92. The average molecular weight is 421 g/mol. The highest BCUT2D eigenvalue weighted by molar-refractivity contribution is 7.89. The highest BCUT2D eigenvalue weighted by Gasteiger charge is 2.28. The first-order valence-corrected chi connectivity index (χ1v) is 10.5. The minimum atomic E-state index is -4.04. The number of nitro groups is 1. The summed E-state index contributed by atoms with van der Waals surface area (Å²) in [6.07, 6.45) is 1.08. The quantitative estimate of drug-likeness (QED) is 0.569. The van der Waals surface area contributed by atoms with Crippen molar-refractivity contribution in [2.75, 3.05) is 19.6 Å². The van der Waals surface area contributed by atoms with E-state index in [1.54, 1.807) is 11.0 Å². The predicted octanol–water partition coefficient (Wildman–Crippen LogP) is 2.56. The van der Waals surface area contributed by atoms with Gasteiger partial charge in [0.1, 0.15) is 5.82 Å². The van der Waals surface area contributed by atoms with E-state index < -0.39 is 26.5 Å². The van der Waals surface area contributed by atoms with E-state index in [0.29, 0.717) is 25.9 Å². The lowest BCUT2D eigenvalue weighted by Gasteiger charge is -2.32.